The van der Waals surface area contributed by atoms with E-state index in [0.29, 0.717) is 29.8 Å². The second-order valence-corrected chi connectivity index (χ2v) is 8.98. The van der Waals surface area contributed by atoms with E-state index >= 15 is 0 Å². The normalized spacial score (nSPS) is 34.4. The van der Waals surface area contributed by atoms with Gasteiger partial charge in [-0.05, 0) is 44.2 Å². The van der Waals surface area contributed by atoms with E-state index in [-0.39, 0.29) is 7.92 Å². The summed E-state index contributed by atoms with van der Waals surface area (Å²) in [5.74, 6) is 1.02. The highest BCUT2D eigenvalue weighted by molar-refractivity contribution is 7.80. The number of allylic oxidation sites excluding steroid dienone is 2. The fraction of sp³-hybridized carbons (Fsp3) is 0.500. The third-order valence-electron chi connectivity index (χ3n) is 5.13. The van der Waals surface area contributed by atoms with Crippen molar-refractivity contribution in [2.75, 3.05) is 6.61 Å². The van der Waals surface area contributed by atoms with Crippen molar-refractivity contribution in [3.63, 3.8) is 0 Å². The van der Waals surface area contributed by atoms with E-state index in [9.17, 15) is 0 Å². The number of thiocarbonyl (C=S) groups is 1. The van der Waals surface area contributed by atoms with Gasteiger partial charge in [-0.25, -0.2) is 0 Å². The number of ether oxygens (including phenoxy) is 1. The van der Waals surface area contributed by atoms with Crippen LogP contribution in [0.4, 0.5) is 0 Å². The van der Waals surface area contributed by atoms with Crippen molar-refractivity contribution in [3.8, 4) is 0 Å². The highest BCUT2D eigenvalue weighted by atomic mass is 32.1. The Morgan fingerprint density at radius 2 is 1.76 bits per heavy atom. The molecule has 0 aliphatic carbocycles. The molecule has 1 nitrogen and oxygen atoms in total. The SMILES string of the molecule is CCOC(=S)[C@H]1[C@H](C)[C@@H]2C(C)=C(C)[C@H]1P2c1ccccc1. The molecule has 1 saturated heterocycles. The Bertz CT molecular complexity index is 580. The predicted molar refractivity (Wildman–Crippen MR) is 95.8 cm³/mol. The van der Waals surface area contributed by atoms with Crippen LogP contribution in [0.1, 0.15) is 27.7 Å². The standard InChI is InChI=1S/C18H23OPS/c1-5-19-18(21)15-13(4)16-11(2)12(3)17(15)20(16)14-9-7-6-8-10-14/h6-10,13,15-17H,5H2,1-4H3/t13-,15-,16-,17+,20?/m0/s1. The monoisotopic (exact) mass is 318 g/mol. The topological polar surface area (TPSA) is 9.23 Å². The van der Waals surface area contributed by atoms with Crippen LogP contribution in [0.25, 0.3) is 0 Å². The van der Waals surface area contributed by atoms with Crippen molar-refractivity contribution < 1.29 is 4.74 Å². The first-order valence-corrected chi connectivity index (χ1v) is 9.64. The van der Waals surface area contributed by atoms with Crippen LogP contribution in [-0.2, 0) is 4.74 Å². The van der Waals surface area contributed by atoms with Crippen LogP contribution in [0.2, 0.25) is 0 Å². The zero-order chi connectivity index (χ0) is 15.1. The lowest BCUT2D eigenvalue weighted by molar-refractivity contribution is 0.292. The van der Waals surface area contributed by atoms with E-state index in [4.69, 9.17) is 17.0 Å². The summed E-state index contributed by atoms with van der Waals surface area (Å²) in [4.78, 5) is 0. The van der Waals surface area contributed by atoms with Gasteiger partial charge in [0.05, 0.1) is 6.61 Å². The summed E-state index contributed by atoms with van der Waals surface area (Å²) < 4.78 is 5.74. The molecule has 1 fully saturated rings. The lowest BCUT2D eigenvalue weighted by Gasteiger charge is -2.29. The van der Waals surface area contributed by atoms with Crippen molar-refractivity contribution in [1.82, 2.24) is 0 Å². The number of rotatable bonds is 3. The molecule has 1 aromatic rings. The molecular formula is C18H23OPS. The van der Waals surface area contributed by atoms with Gasteiger partial charge in [0.25, 0.3) is 0 Å². The first-order valence-electron chi connectivity index (χ1n) is 7.75. The number of benzene rings is 1. The maximum Gasteiger partial charge on any atom is 0.164 e. The molecule has 3 rings (SSSR count). The molecule has 2 heterocycles. The van der Waals surface area contributed by atoms with E-state index in [1.54, 1.807) is 11.1 Å². The minimum Gasteiger partial charge on any atom is -0.487 e. The minimum atomic E-state index is -0.194. The Hall–Kier alpha value is -0.720. The number of fused-ring (bicyclic) bond motifs is 2. The van der Waals surface area contributed by atoms with Gasteiger partial charge in [-0.2, -0.15) is 0 Å². The van der Waals surface area contributed by atoms with E-state index < -0.39 is 0 Å². The molecule has 0 spiro atoms. The van der Waals surface area contributed by atoms with Crippen LogP contribution >= 0.6 is 20.1 Å². The van der Waals surface area contributed by atoms with Gasteiger partial charge in [-0.3, -0.25) is 0 Å². The Morgan fingerprint density at radius 3 is 2.38 bits per heavy atom. The van der Waals surface area contributed by atoms with Crippen molar-refractivity contribution in [2.24, 2.45) is 11.8 Å². The zero-order valence-corrected chi connectivity index (χ0v) is 14.9. The van der Waals surface area contributed by atoms with Crippen molar-refractivity contribution in [3.05, 3.63) is 41.5 Å². The summed E-state index contributed by atoms with van der Waals surface area (Å²) in [5.41, 5.74) is 4.44. The molecule has 2 bridgehead atoms. The average molecular weight is 318 g/mol. The van der Waals surface area contributed by atoms with Gasteiger partial charge in [0.1, 0.15) is 0 Å². The molecule has 0 aromatic heterocycles. The van der Waals surface area contributed by atoms with Gasteiger partial charge >= 0.3 is 0 Å². The quantitative estimate of drug-likeness (QED) is 0.461. The molecular weight excluding hydrogens is 295 g/mol. The number of hydrogen-bond acceptors (Lipinski definition) is 2. The fourth-order valence-electron chi connectivity index (χ4n) is 4.13. The fourth-order valence-corrected chi connectivity index (χ4v) is 8.90. The van der Waals surface area contributed by atoms with Crippen molar-refractivity contribution in [1.29, 1.82) is 0 Å². The van der Waals surface area contributed by atoms with Crippen LogP contribution in [0.15, 0.2) is 41.5 Å². The summed E-state index contributed by atoms with van der Waals surface area (Å²) in [6, 6.07) is 11.0. The van der Waals surface area contributed by atoms with E-state index in [2.05, 4.69) is 51.1 Å². The highest BCUT2D eigenvalue weighted by Gasteiger charge is 2.56. The largest absolute Gasteiger partial charge is 0.487 e. The molecule has 112 valence electrons. The molecule has 0 radical (unpaired) electrons. The Labute approximate surface area is 134 Å². The smallest absolute Gasteiger partial charge is 0.164 e. The first kappa shape index (κ1) is 15.2. The van der Waals surface area contributed by atoms with Crippen molar-refractivity contribution >= 4 is 30.5 Å². The summed E-state index contributed by atoms with van der Waals surface area (Å²) in [5, 5.41) is 2.36. The summed E-state index contributed by atoms with van der Waals surface area (Å²) in [7, 11) is -0.194. The molecule has 2 aliphatic heterocycles. The maximum atomic E-state index is 5.74. The third kappa shape index (κ3) is 2.28. The predicted octanol–water partition coefficient (Wildman–Crippen LogP) is 4.51. The maximum absolute atomic E-state index is 5.74. The second kappa shape index (κ2) is 5.82. The molecule has 0 amide bonds. The van der Waals surface area contributed by atoms with Crippen molar-refractivity contribution in [2.45, 2.75) is 39.0 Å². The number of hydrogen-bond donors (Lipinski definition) is 0. The third-order valence-corrected chi connectivity index (χ3v) is 9.18. The molecule has 1 aromatic carbocycles. The van der Waals surface area contributed by atoms with Gasteiger partial charge < -0.3 is 4.74 Å². The molecule has 2 aliphatic rings. The second-order valence-electron chi connectivity index (χ2n) is 6.14. The Kier molecular flexibility index (Phi) is 4.21. The van der Waals surface area contributed by atoms with Gasteiger partial charge in [0, 0.05) is 17.2 Å². The zero-order valence-electron chi connectivity index (χ0n) is 13.2. The lowest BCUT2D eigenvalue weighted by Crippen LogP contribution is -2.33. The molecule has 1 unspecified atom stereocenters. The van der Waals surface area contributed by atoms with Gasteiger partial charge in [0.2, 0.25) is 0 Å². The molecule has 5 atom stereocenters. The van der Waals surface area contributed by atoms with Gasteiger partial charge in [-0.15, -0.1) is 0 Å². The van der Waals surface area contributed by atoms with Crippen LogP contribution < -0.4 is 5.30 Å². The molecule has 0 saturated carbocycles. The summed E-state index contributed by atoms with van der Waals surface area (Å²) in [6.07, 6.45) is 0. The van der Waals surface area contributed by atoms with E-state index in [0.717, 1.165) is 5.05 Å². The van der Waals surface area contributed by atoms with Crippen LogP contribution in [0, 0.1) is 11.8 Å². The first-order chi connectivity index (χ1) is 10.1. The summed E-state index contributed by atoms with van der Waals surface area (Å²) in [6.45, 7) is 9.72. The van der Waals surface area contributed by atoms with Gasteiger partial charge in [0.15, 0.2) is 5.05 Å². The highest BCUT2D eigenvalue weighted by Crippen LogP contribution is 2.69. The van der Waals surface area contributed by atoms with Crippen LogP contribution in [0.3, 0.4) is 0 Å². The Morgan fingerprint density at radius 1 is 1.14 bits per heavy atom. The Balaban J connectivity index is 2.01. The van der Waals surface area contributed by atoms with E-state index in [1.165, 1.54) is 5.30 Å². The molecule has 21 heavy (non-hydrogen) atoms. The van der Waals surface area contributed by atoms with Crippen LogP contribution in [-0.4, -0.2) is 23.0 Å². The molecule has 3 heteroatoms. The van der Waals surface area contributed by atoms with Gasteiger partial charge in [-0.1, -0.05) is 56.3 Å². The minimum absolute atomic E-state index is 0.194. The average Bonchev–Trinajstić information content (AvgIpc) is 2.92. The van der Waals surface area contributed by atoms with Crippen LogP contribution in [0.5, 0.6) is 0 Å². The van der Waals surface area contributed by atoms with E-state index in [1.807, 2.05) is 6.92 Å². The summed E-state index contributed by atoms with van der Waals surface area (Å²) >= 11 is 5.61. The lowest BCUT2D eigenvalue weighted by atomic mass is 9.78. The molecule has 0 N–H and O–H groups in total.